The van der Waals surface area contributed by atoms with E-state index in [1.807, 2.05) is 0 Å². The second-order valence-corrected chi connectivity index (χ2v) is 8.99. The van der Waals surface area contributed by atoms with Crippen LogP contribution in [0.25, 0.3) is 0 Å². The standard InChI is InChI=1S/C28H50O5/c1-5-9-13-14-15-16-17-18-19-23-24(29)25(30)27(32-21-11-7-3)28(33-22-12-8-4)26(23)31-20-10-6-2/h29-30H,5-22H2,1-4H3. The van der Waals surface area contributed by atoms with Crippen LogP contribution in [0.2, 0.25) is 0 Å². The monoisotopic (exact) mass is 466 g/mol. The van der Waals surface area contributed by atoms with E-state index >= 15 is 0 Å². The minimum atomic E-state index is -0.227. The Morgan fingerprint density at radius 1 is 0.455 bits per heavy atom. The predicted octanol–water partition coefficient (Wildman–Crippen LogP) is 8.32. The van der Waals surface area contributed by atoms with Gasteiger partial charge in [0.2, 0.25) is 17.2 Å². The molecule has 0 radical (unpaired) electrons. The van der Waals surface area contributed by atoms with E-state index in [2.05, 4.69) is 27.7 Å². The van der Waals surface area contributed by atoms with E-state index in [0.717, 1.165) is 51.4 Å². The van der Waals surface area contributed by atoms with Crippen molar-refractivity contribution in [2.75, 3.05) is 19.8 Å². The van der Waals surface area contributed by atoms with E-state index in [0.29, 0.717) is 43.3 Å². The van der Waals surface area contributed by atoms with Crippen LogP contribution in [-0.2, 0) is 6.42 Å². The molecule has 1 rings (SSSR count). The van der Waals surface area contributed by atoms with Gasteiger partial charge in [-0.25, -0.2) is 0 Å². The maximum Gasteiger partial charge on any atom is 0.211 e. The zero-order chi connectivity index (χ0) is 24.3. The fourth-order valence-electron chi connectivity index (χ4n) is 3.75. The molecule has 0 aliphatic rings. The number of phenols is 2. The summed E-state index contributed by atoms with van der Waals surface area (Å²) in [6.45, 7) is 10.1. The fourth-order valence-corrected chi connectivity index (χ4v) is 3.75. The van der Waals surface area contributed by atoms with Gasteiger partial charge in [0, 0.05) is 5.56 Å². The second-order valence-electron chi connectivity index (χ2n) is 8.99. The highest BCUT2D eigenvalue weighted by atomic mass is 16.5. The van der Waals surface area contributed by atoms with Crippen LogP contribution in [0.5, 0.6) is 28.7 Å². The largest absolute Gasteiger partial charge is 0.504 e. The SMILES string of the molecule is CCCCCCCCCCc1c(O)c(O)c(OCCCC)c(OCCCC)c1OCCCC. The molecular formula is C28H50O5. The van der Waals surface area contributed by atoms with Crippen LogP contribution < -0.4 is 14.2 Å². The van der Waals surface area contributed by atoms with Crippen LogP contribution in [0.1, 0.15) is 123 Å². The minimum Gasteiger partial charge on any atom is -0.504 e. The number of rotatable bonds is 21. The molecule has 1 aromatic rings. The lowest BCUT2D eigenvalue weighted by molar-refractivity contribution is 0.225. The molecule has 0 atom stereocenters. The summed E-state index contributed by atoms with van der Waals surface area (Å²) in [5.74, 6) is 0.849. The Kier molecular flexibility index (Phi) is 16.5. The van der Waals surface area contributed by atoms with Crippen LogP contribution in [0.4, 0.5) is 0 Å². The number of unbranched alkanes of at least 4 members (excludes halogenated alkanes) is 10. The Hall–Kier alpha value is -1.78. The Bertz CT molecular complexity index is 629. The first-order valence-electron chi connectivity index (χ1n) is 13.6. The molecular weight excluding hydrogens is 416 g/mol. The van der Waals surface area contributed by atoms with Crippen molar-refractivity contribution in [3.05, 3.63) is 5.56 Å². The first kappa shape index (κ1) is 29.3. The average molecular weight is 467 g/mol. The first-order chi connectivity index (χ1) is 16.1. The zero-order valence-electron chi connectivity index (χ0n) is 21.8. The third-order valence-corrected chi connectivity index (χ3v) is 5.92. The summed E-state index contributed by atoms with van der Waals surface area (Å²) >= 11 is 0. The van der Waals surface area contributed by atoms with Gasteiger partial charge in [-0.2, -0.15) is 0 Å². The fraction of sp³-hybridized carbons (Fsp3) is 0.786. The Labute approximate surface area is 202 Å². The van der Waals surface area contributed by atoms with Gasteiger partial charge in [0.25, 0.3) is 0 Å². The normalized spacial score (nSPS) is 11.0. The highest BCUT2D eigenvalue weighted by Gasteiger charge is 2.27. The van der Waals surface area contributed by atoms with Crippen LogP contribution in [0.3, 0.4) is 0 Å². The zero-order valence-corrected chi connectivity index (χ0v) is 21.8. The molecule has 0 aliphatic heterocycles. The van der Waals surface area contributed by atoms with Gasteiger partial charge in [-0.1, -0.05) is 91.9 Å². The van der Waals surface area contributed by atoms with Crippen molar-refractivity contribution in [1.29, 1.82) is 0 Å². The molecule has 0 aliphatic carbocycles. The van der Waals surface area contributed by atoms with E-state index in [-0.39, 0.29) is 17.2 Å². The highest BCUT2D eigenvalue weighted by Crippen LogP contribution is 2.53. The summed E-state index contributed by atoms with van der Waals surface area (Å²) in [4.78, 5) is 0. The van der Waals surface area contributed by atoms with Crippen molar-refractivity contribution in [2.24, 2.45) is 0 Å². The molecule has 0 saturated heterocycles. The number of aromatic hydroxyl groups is 2. The molecule has 5 nitrogen and oxygen atoms in total. The minimum absolute atomic E-state index is 0.126. The van der Waals surface area contributed by atoms with Crippen molar-refractivity contribution >= 4 is 0 Å². The summed E-state index contributed by atoms with van der Waals surface area (Å²) in [6.07, 6.45) is 16.0. The highest BCUT2D eigenvalue weighted by molar-refractivity contribution is 5.69. The molecule has 0 bridgehead atoms. The summed E-state index contributed by atoms with van der Waals surface area (Å²) < 4.78 is 18.2. The second kappa shape index (κ2) is 18.6. The molecule has 2 N–H and O–H groups in total. The number of phenolic OH excluding ortho intramolecular Hbond substituents is 2. The molecule has 192 valence electrons. The van der Waals surface area contributed by atoms with Gasteiger partial charge in [-0.15, -0.1) is 0 Å². The first-order valence-corrected chi connectivity index (χ1v) is 13.6. The number of hydrogen-bond donors (Lipinski definition) is 2. The van der Waals surface area contributed by atoms with Crippen molar-refractivity contribution in [2.45, 2.75) is 124 Å². The summed E-state index contributed by atoms with van der Waals surface area (Å²) in [6, 6.07) is 0. The predicted molar refractivity (Wildman–Crippen MR) is 137 cm³/mol. The van der Waals surface area contributed by atoms with Crippen molar-refractivity contribution in [3.8, 4) is 28.7 Å². The van der Waals surface area contributed by atoms with E-state index < -0.39 is 0 Å². The number of hydrogen-bond acceptors (Lipinski definition) is 5. The third-order valence-electron chi connectivity index (χ3n) is 5.92. The van der Waals surface area contributed by atoms with Crippen molar-refractivity contribution in [3.63, 3.8) is 0 Å². The van der Waals surface area contributed by atoms with Gasteiger partial charge in [-0.3, -0.25) is 0 Å². The van der Waals surface area contributed by atoms with Gasteiger partial charge in [0.1, 0.15) is 0 Å². The van der Waals surface area contributed by atoms with Gasteiger partial charge in [0.15, 0.2) is 11.5 Å². The molecule has 0 spiro atoms. The molecule has 5 heteroatoms. The van der Waals surface area contributed by atoms with Crippen LogP contribution in [-0.4, -0.2) is 30.0 Å². The van der Waals surface area contributed by atoms with Gasteiger partial charge in [0.05, 0.1) is 19.8 Å². The topological polar surface area (TPSA) is 68.2 Å². The van der Waals surface area contributed by atoms with E-state index in [1.165, 1.54) is 38.5 Å². The van der Waals surface area contributed by atoms with E-state index in [1.54, 1.807) is 0 Å². The van der Waals surface area contributed by atoms with Gasteiger partial charge in [-0.05, 0) is 32.1 Å². The summed E-state index contributed by atoms with van der Waals surface area (Å²) in [5, 5.41) is 21.7. The Morgan fingerprint density at radius 2 is 0.879 bits per heavy atom. The van der Waals surface area contributed by atoms with E-state index in [9.17, 15) is 10.2 Å². The molecule has 0 amide bonds. The Balaban J connectivity index is 3.06. The van der Waals surface area contributed by atoms with E-state index in [4.69, 9.17) is 14.2 Å². The Morgan fingerprint density at radius 3 is 1.39 bits per heavy atom. The number of ether oxygens (including phenoxy) is 3. The van der Waals surface area contributed by atoms with Crippen LogP contribution in [0.15, 0.2) is 0 Å². The molecule has 0 saturated carbocycles. The van der Waals surface area contributed by atoms with Crippen molar-refractivity contribution in [1.82, 2.24) is 0 Å². The summed E-state index contributed by atoms with van der Waals surface area (Å²) in [7, 11) is 0. The van der Waals surface area contributed by atoms with Crippen molar-refractivity contribution < 1.29 is 24.4 Å². The lowest BCUT2D eigenvalue weighted by Crippen LogP contribution is -2.08. The smallest absolute Gasteiger partial charge is 0.211 e. The van der Waals surface area contributed by atoms with Crippen LogP contribution in [0, 0.1) is 0 Å². The maximum atomic E-state index is 10.9. The van der Waals surface area contributed by atoms with Crippen LogP contribution >= 0.6 is 0 Å². The molecule has 0 fully saturated rings. The molecule has 0 heterocycles. The lowest BCUT2D eigenvalue weighted by atomic mass is 10.0. The number of benzene rings is 1. The lowest BCUT2D eigenvalue weighted by Gasteiger charge is -2.22. The quantitative estimate of drug-likeness (QED) is 0.141. The van der Waals surface area contributed by atoms with Gasteiger partial charge < -0.3 is 24.4 Å². The van der Waals surface area contributed by atoms with Gasteiger partial charge >= 0.3 is 0 Å². The average Bonchev–Trinajstić information content (AvgIpc) is 2.81. The third kappa shape index (κ3) is 10.8. The summed E-state index contributed by atoms with van der Waals surface area (Å²) in [5.41, 5.74) is 0.643. The maximum absolute atomic E-state index is 10.9. The molecule has 33 heavy (non-hydrogen) atoms. The molecule has 0 aromatic heterocycles. The molecule has 0 unspecified atom stereocenters. The molecule has 1 aromatic carbocycles.